The molecule has 1 atom stereocenters. The highest BCUT2D eigenvalue weighted by atomic mass is 32.2. The number of carbonyl (C=O) groups is 1. The third-order valence-corrected chi connectivity index (χ3v) is 7.92. The van der Waals surface area contributed by atoms with Crippen molar-refractivity contribution in [2.24, 2.45) is 0 Å². The van der Waals surface area contributed by atoms with Crippen LogP contribution in [0, 0.1) is 0 Å². The number of anilines is 1. The molecule has 1 aliphatic heterocycles. The molecule has 0 bridgehead atoms. The summed E-state index contributed by atoms with van der Waals surface area (Å²) in [6.07, 6.45) is 3.62. The van der Waals surface area contributed by atoms with E-state index < -0.39 is 10.0 Å². The Kier molecular flexibility index (Phi) is 7.17. The summed E-state index contributed by atoms with van der Waals surface area (Å²) in [6, 6.07) is 23.8. The number of hydrogen-bond acceptors (Lipinski definition) is 4. The molecular formula is C28H32N2O4S. The molecule has 1 aliphatic rings. The van der Waals surface area contributed by atoms with Crippen molar-refractivity contribution in [3.05, 3.63) is 95.6 Å². The summed E-state index contributed by atoms with van der Waals surface area (Å²) in [4.78, 5) is 13.2. The topological polar surface area (TPSA) is 75.7 Å². The van der Waals surface area contributed by atoms with E-state index in [9.17, 15) is 13.2 Å². The summed E-state index contributed by atoms with van der Waals surface area (Å²) < 4.78 is 32.5. The summed E-state index contributed by atoms with van der Waals surface area (Å²) in [5, 5.41) is 3.20. The van der Waals surface area contributed by atoms with Crippen molar-refractivity contribution in [3.8, 4) is 5.75 Å². The fraction of sp³-hybridized carbons (Fsp3) is 0.321. The predicted octanol–water partition coefficient (Wildman–Crippen LogP) is 5.47. The molecule has 1 N–H and O–H groups in total. The summed E-state index contributed by atoms with van der Waals surface area (Å²) in [6.45, 7) is 4.42. The SMILES string of the molecule is CCC1(CC)C[C@@H](NC(=O)c2ccc(CN(c3ccccc3)S(C)(=O)=O)cc2)c2ccccc2O1. The van der Waals surface area contributed by atoms with Gasteiger partial charge in [0.2, 0.25) is 10.0 Å². The first-order valence-corrected chi connectivity index (χ1v) is 13.8. The third-order valence-electron chi connectivity index (χ3n) is 6.78. The molecule has 0 aromatic heterocycles. The zero-order valence-corrected chi connectivity index (χ0v) is 21.2. The van der Waals surface area contributed by atoms with Crippen LogP contribution in [0.15, 0.2) is 78.9 Å². The average Bonchev–Trinajstić information content (AvgIpc) is 2.87. The number of rotatable bonds is 8. The standard InChI is InChI=1S/C28H32N2O4S/c1-4-28(5-2)19-25(24-13-9-10-14-26(24)34-28)29-27(31)22-17-15-21(16-18-22)20-30(35(3,32)33)23-11-7-6-8-12-23/h6-18,25H,4-5,19-20H2,1-3H3,(H,29,31)/t25-/m1/s1. The molecule has 1 amide bonds. The van der Waals surface area contributed by atoms with Gasteiger partial charge in [-0.25, -0.2) is 8.42 Å². The van der Waals surface area contributed by atoms with E-state index >= 15 is 0 Å². The quantitative estimate of drug-likeness (QED) is 0.453. The highest BCUT2D eigenvalue weighted by Gasteiger charge is 2.39. The minimum Gasteiger partial charge on any atom is -0.487 e. The van der Waals surface area contributed by atoms with Crippen LogP contribution in [0.4, 0.5) is 5.69 Å². The van der Waals surface area contributed by atoms with Gasteiger partial charge in [0.15, 0.2) is 0 Å². The number of carbonyl (C=O) groups excluding carboxylic acids is 1. The molecule has 6 nitrogen and oxygen atoms in total. The van der Waals surface area contributed by atoms with E-state index in [0.29, 0.717) is 17.7 Å². The van der Waals surface area contributed by atoms with Gasteiger partial charge >= 0.3 is 0 Å². The van der Waals surface area contributed by atoms with Gasteiger partial charge in [0.25, 0.3) is 5.91 Å². The lowest BCUT2D eigenvalue weighted by Crippen LogP contribution is -2.44. The van der Waals surface area contributed by atoms with Gasteiger partial charge in [-0.2, -0.15) is 0 Å². The minimum atomic E-state index is -3.46. The van der Waals surface area contributed by atoms with Gasteiger partial charge in [0.1, 0.15) is 11.4 Å². The predicted molar refractivity (Wildman–Crippen MR) is 139 cm³/mol. The number of benzene rings is 3. The molecule has 35 heavy (non-hydrogen) atoms. The molecule has 0 unspecified atom stereocenters. The number of para-hydroxylation sites is 2. The van der Waals surface area contributed by atoms with E-state index in [1.54, 1.807) is 48.5 Å². The Morgan fingerprint density at radius 3 is 2.23 bits per heavy atom. The molecule has 0 spiro atoms. The van der Waals surface area contributed by atoms with E-state index in [-0.39, 0.29) is 24.1 Å². The second kappa shape index (κ2) is 10.1. The van der Waals surface area contributed by atoms with Crippen LogP contribution in [0.25, 0.3) is 0 Å². The molecule has 0 aliphatic carbocycles. The number of sulfonamides is 1. The van der Waals surface area contributed by atoms with Crippen LogP contribution in [0.3, 0.4) is 0 Å². The zero-order chi connectivity index (χ0) is 25.1. The highest BCUT2D eigenvalue weighted by Crippen LogP contribution is 2.42. The maximum atomic E-state index is 13.2. The van der Waals surface area contributed by atoms with E-state index in [4.69, 9.17) is 4.74 Å². The molecule has 1 heterocycles. The second-order valence-corrected chi connectivity index (χ2v) is 11.0. The lowest BCUT2D eigenvalue weighted by atomic mass is 9.83. The molecule has 0 fully saturated rings. The summed E-state index contributed by atoms with van der Waals surface area (Å²) in [5.74, 6) is 0.660. The largest absolute Gasteiger partial charge is 0.487 e. The highest BCUT2D eigenvalue weighted by molar-refractivity contribution is 7.92. The van der Waals surface area contributed by atoms with Gasteiger partial charge in [-0.05, 0) is 48.7 Å². The van der Waals surface area contributed by atoms with Crippen molar-refractivity contribution < 1.29 is 17.9 Å². The number of nitrogens with zero attached hydrogens (tertiary/aromatic N) is 1. The molecule has 3 aromatic carbocycles. The summed E-state index contributed by atoms with van der Waals surface area (Å²) in [5.41, 5.74) is 2.61. The van der Waals surface area contributed by atoms with Gasteiger partial charge in [-0.1, -0.05) is 62.4 Å². The number of hydrogen-bond donors (Lipinski definition) is 1. The molecule has 0 radical (unpaired) electrons. The normalized spacial score (nSPS) is 16.6. The smallest absolute Gasteiger partial charge is 0.251 e. The van der Waals surface area contributed by atoms with Gasteiger partial charge in [-0.3, -0.25) is 9.10 Å². The van der Waals surface area contributed by atoms with Gasteiger partial charge in [-0.15, -0.1) is 0 Å². The van der Waals surface area contributed by atoms with Gasteiger partial charge in [0, 0.05) is 17.5 Å². The van der Waals surface area contributed by atoms with Crippen molar-refractivity contribution in [2.45, 2.75) is 51.3 Å². The molecule has 3 aromatic rings. The van der Waals surface area contributed by atoms with Crippen LogP contribution in [0.5, 0.6) is 5.75 Å². The summed E-state index contributed by atoms with van der Waals surface area (Å²) in [7, 11) is -3.46. The molecule has 0 saturated carbocycles. The number of fused-ring (bicyclic) bond motifs is 1. The van der Waals surface area contributed by atoms with E-state index in [1.165, 1.54) is 10.6 Å². The molecule has 4 rings (SSSR count). The van der Waals surface area contributed by atoms with Gasteiger partial charge in [0.05, 0.1) is 24.5 Å². The Bertz CT molecular complexity index is 1270. The lowest BCUT2D eigenvalue weighted by Gasteiger charge is -2.41. The van der Waals surface area contributed by atoms with Crippen molar-refractivity contribution >= 4 is 21.6 Å². The van der Waals surface area contributed by atoms with Crippen LogP contribution in [0.1, 0.15) is 60.6 Å². The molecule has 7 heteroatoms. The van der Waals surface area contributed by atoms with Crippen LogP contribution in [-0.2, 0) is 16.6 Å². The number of ether oxygens (including phenoxy) is 1. The van der Waals surface area contributed by atoms with Crippen molar-refractivity contribution in [1.82, 2.24) is 5.32 Å². The summed E-state index contributed by atoms with van der Waals surface area (Å²) >= 11 is 0. The van der Waals surface area contributed by atoms with Crippen LogP contribution < -0.4 is 14.4 Å². The first-order valence-electron chi connectivity index (χ1n) is 11.9. The fourth-order valence-corrected chi connectivity index (χ4v) is 5.48. The van der Waals surface area contributed by atoms with Crippen LogP contribution >= 0.6 is 0 Å². The Morgan fingerprint density at radius 1 is 0.971 bits per heavy atom. The Morgan fingerprint density at radius 2 is 1.60 bits per heavy atom. The van der Waals surface area contributed by atoms with Crippen molar-refractivity contribution in [2.75, 3.05) is 10.6 Å². The molecule has 0 saturated heterocycles. The first kappa shape index (κ1) is 24.8. The lowest BCUT2D eigenvalue weighted by molar-refractivity contribution is 0.0227. The van der Waals surface area contributed by atoms with Crippen molar-refractivity contribution in [3.63, 3.8) is 0 Å². The number of amides is 1. The Balaban J connectivity index is 1.51. The third kappa shape index (κ3) is 5.51. The Hall–Kier alpha value is -3.32. The van der Waals surface area contributed by atoms with Crippen LogP contribution in [-0.4, -0.2) is 26.2 Å². The Labute approximate surface area is 208 Å². The van der Waals surface area contributed by atoms with E-state index in [0.717, 1.165) is 29.7 Å². The number of nitrogens with one attached hydrogen (secondary N) is 1. The van der Waals surface area contributed by atoms with E-state index in [2.05, 4.69) is 19.2 Å². The second-order valence-electron chi connectivity index (χ2n) is 9.06. The molecular weight excluding hydrogens is 460 g/mol. The maximum absolute atomic E-state index is 13.2. The zero-order valence-electron chi connectivity index (χ0n) is 20.4. The minimum absolute atomic E-state index is 0.147. The maximum Gasteiger partial charge on any atom is 0.251 e. The molecule has 184 valence electrons. The van der Waals surface area contributed by atoms with Crippen LogP contribution in [0.2, 0.25) is 0 Å². The monoisotopic (exact) mass is 492 g/mol. The van der Waals surface area contributed by atoms with E-state index in [1.807, 2.05) is 30.3 Å². The first-order chi connectivity index (χ1) is 16.7. The average molecular weight is 493 g/mol. The van der Waals surface area contributed by atoms with Gasteiger partial charge < -0.3 is 10.1 Å². The van der Waals surface area contributed by atoms with Crippen molar-refractivity contribution in [1.29, 1.82) is 0 Å². The fourth-order valence-electron chi connectivity index (χ4n) is 4.59.